The van der Waals surface area contributed by atoms with Crippen LogP contribution in [0.3, 0.4) is 0 Å². The van der Waals surface area contributed by atoms with Gasteiger partial charge in [0, 0.05) is 29.6 Å². The quantitative estimate of drug-likeness (QED) is 0.313. The number of benzene rings is 1. The first-order valence-electron chi connectivity index (χ1n) is 12.0. The van der Waals surface area contributed by atoms with Gasteiger partial charge in [0.15, 0.2) is 0 Å². The second-order valence-electron chi connectivity index (χ2n) is 8.95. The fraction of sp³-hybridized carbons (Fsp3) is 0.500. The SMILES string of the molecule is COc1ccc2nccc(C(O)CC[C@@H]3CCN(CCCSc4ccnnc4)C[C@@H]3CO)c2c1. The Bertz CT molecular complexity index is 1040. The molecule has 1 unspecified atom stereocenters. The Hall–Kier alpha value is -2.26. The van der Waals surface area contributed by atoms with Crippen molar-refractivity contribution < 1.29 is 14.9 Å². The van der Waals surface area contributed by atoms with E-state index in [1.54, 1.807) is 25.7 Å². The number of hydrogen-bond acceptors (Lipinski definition) is 8. The summed E-state index contributed by atoms with van der Waals surface area (Å²) in [5.41, 5.74) is 1.75. The number of aliphatic hydroxyl groups excluding tert-OH is 2. The van der Waals surface area contributed by atoms with Crippen molar-refractivity contribution in [1.29, 1.82) is 0 Å². The summed E-state index contributed by atoms with van der Waals surface area (Å²) >= 11 is 1.81. The van der Waals surface area contributed by atoms with Crippen LogP contribution >= 0.6 is 11.8 Å². The van der Waals surface area contributed by atoms with Crippen LogP contribution in [0.2, 0.25) is 0 Å². The smallest absolute Gasteiger partial charge is 0.119 e. The number of fused-ring (bicyclic) bond motifs is 1. The number of ether oxygens (including phenoxy) is 1. The zero-order chi connectivity index (χ0) is 23.8. The Morgan fingerprint density at radius 3 is 2.88 bits per heavy atom. The van der Waals surface area contributed by atoms with E-state index in [9.17, 15) is 10.2 Å². The third-order valence-corrected chi connectivity index (χ3v) is 7.87. The van der Waals surface area contributed by atoms with Crippen molar-refractivity contribution >= 4 is 22.7 Å². The molecule has 1 aliphatic rings. The lowest BCUT2D eigenvalue weighted by Crippen LogP contribution is -2.42. The van der Waals surface area contributed by atoms with E-state index in [1.807, 2.05) is 42.1 Å². The number of rotatable bonds is 11. The molecule has 3 aromatic rings. The Balaban J connectivity index is 1.26. The lowest BCUT2D eigenvalue weighted by atomic mass is 9.81. The number of hydrogen-bond donors (Lipinski definition) is 2. The van der Waals surface area contributed by atoms with Crippen molar-refractivity contribution in [1.82, 2.24) is 20.1 Å². The molecule has 7 nitrogen and oxygen atoms in total. The van der Waals surface area contributed by atoms with Gasteiger partial charge in [0.2, 0.25) is 0 Å². The van der Waals surface area contributed by atoms with E-state index < -0.39 is 6.10 Å². The van der Waals surface area contributed by atoms with Gasteiger partial charge < -0.3 is 19.8 Å². The van der Waals surface area contributed by atoms with Crippen LogP contribution in [-0.2, 0) is 0 Å². The summed E-state index contributed by atoms with van der Waals surface area (Å²) in [7, 11) is 1.65. The fourth-order valence-corrected chi connectivity index (χ4v) is 5.67. The maximum atomic E-state index is 11.0. The van der Waals surface area contributed by atoms with E-state index in [0.29, 0.717) is 12.3 Å². The number of likely N-dealkylation sites (tertiary alicyclic amines) is 1. The molecule has 1 aliphatic heterocycles. The van der Waals surface area contributed by atoms with Crippen LogP contribution in [0.15, 0.2) is 53.8 Å². The third-order valence-electron chi connectivity index (χ3n) is 6.81. The predicted molar refractivity (Wildman–Crippen MR) is 135 cm³/mol. The summed E-state index contributed by atoms with van der Waals surface area (Å²) in [6.07, 6.45) is 8.47. The van der Waals surface area contributed by atoms with E-state index in [2.05, 4.69) is 20.1 Å². The Kier molecular flexibility index (Phi) is 9.10. The Morgan fingerprint density at radius 1 is 1.18 bits per heavy atom. The van der Waals surface area contributed by atoms with Gasteiger partial charge in [-0.05, 0) is 92.3 Å². The normalized spacial score (nSPS) is 19.9. The molecule has 0 aliphatic carbocycles. The minimum Gasteiger partial charge on any atom is -0.497 e. The van der Waals surface area contributed by atoms with Gasteiger partial charge in [0.25, 0.3) is 0 Å². The van der Waals surface area contributed by atoms with Crippen molar-refractivity contribution in [3.8, 4) is 5.75 Å². The Morgan fingerprint density at radius 2 is 2.09 bits per heavy atom. The van der Waals surface area contributed by atoms with Gasteiger partial charge >= 0.3 is 0 Å². The topological polar surface area (TPSA) is 91.6 Å². The van der Waals surface area contributed by atoms with Crippen LogP contribution in [0.25, 0.3) is 10.9 Å². The van der Waals surface area contributed by atoms with Crippen molar-refractivity contribution in [2.45, 2.75) is 36.7 Å². The largest absolute Gasteiger partial charge is 0.497 e. The molecular formula is C26H34N4O3S. The zero-order valence-electron chi connectivity index (χ0n) is 19.7. The fourth-order valence-electron chi connectivity index (χ4n) is 4.88. The molecule has 4 rings (SSSR count). The molecule has 0 bridgehead atoms. The lowest BCUT2D eigenvalue weighted by molar-refractivity contribution is 0.0581. The number of pyridine rings is 1. The van der Waals surface area contributed by atoms with E-state index in [0.717, 1.165) is 71.8 Å². The molecule has 8 heteroatoms. The molecule has 182 valence electrons. The number of aromatic nitrogens is 3. The lowest BCUT2D eigenvalue weighted by Gasteiger charge is -2.38. The van der Waals surface area contributed by atoms with E-state index in [-0.39, 0.29) is 12.5 Å². The first kappa shape index (κ1) is 24.9. The molecule has 2 aromatic heterocycles. The van der Waals surface area contributed by atoms with E-state index in [1.165, 1.54) is 0 Å². The van der Waals surface area contributed by atoms with E-state index >= 15 is 0 Å². The minimum absolute atomic E-state index is 0.198. The van der Waals surface area contributed by atoms with Crippen molar-refractivity contribution in [2.75, 3.05) is 39.1 Å². The second kappa shape index (κ2) is 12.4. The average Bonchev–Trinajstić information content (AvgIpc) is 2.89. The van der Waals surface area contributed by atoms with Crippen LogP contribution in [0.1, 0.15) is 37.4 Å². The van der Waals surface area contributed by atoms with Gasteiger partial charge in [-0.3, -0.25) is 4.98 Å². The highest BCUT2D eigenvalue weighted by Gasteiger charge is 2.29. The maximum Gasteiger partial charge on any atom is 0.119 e. The second-order valence-corrected chi connectivity index (χ2v) is 10.1. The first-order valence-corrected chi connectivity index (χ1v) is 13.0. The van der Waals surface area contributed by atoms with Crippen LogP contribution in [-0.4, -0.2) is 69.4 Å². The summed E-state index contributed by atoms with van der Waals surface area (Å²) in [4.78, 5) is 8.05. The summed E-state index contributed by atoms with van der Waals surface area (Å²) in [5, 5.41) is 29.7. The molecule has 1 fully saturated rings. The maximum absolute atomic E-state index is 11.0. The molecule has 0 amide bonds. The molecule has 0 spiro atoms. The molecular weight excluding hydrogens is 448 g/mol. The molecule has 0 radical (unpaired) electrons. The molecule has 0 saturated carbocycles. The minimum atomic E-state index is -0.560. The number of piperidine rings is 1. The molecule has 34 heavy (non-hydrogen) atoms. The predicted octanol–water partition coefficient (Wildman–Crippen LogP) is 3.96. The highest BCUT2D eigenvalue weighted by molar-refractivity contribution is 7.99. The van der Waals surface area contributed by atoms with Crippen LogP contribution < -0.4 is 4.74 Å². The van der Waals surface area contributed by atoms with Gasteiger partial charge in [0.05, 0.1) is 31.1 Å². The number of nitrogens with zero attached hydrogens (tertiary/aromatic N) is 4. The van der Waals surface area contributed by atoms with Crippen LogP contribution in [0, 0.1) is 11.8 Å². The number of methoxy groups -OCH3 is 1. The summed E-state index contributed by atoms with van der Waals surface area (Å²) in [6.45, 7) is 3.22. The standard InChI is InChI=1S/C26H34N4O3S/c1-33-21-4-5-25-24(15-21)23(8-10-27-25)26(32)6-3-19-9-13-30(17-20(19)18-31)12-2-14-34-22-7-11-28-29-16-22/h4-5,7-8,10-11,15-16,19-20,26,31-32H,2-3,6,9,12-14,17-18H2,1H3/t19-,20-,26?/m1/s1. The zero-order valence-corrected chi connectivity index (χ0v) is 20.5. The highest BCUT2D eigenvalue weighted by Crippen LogP contribution is 2.33. The number of aliphatic hydroxyl groups is 2. The monoisotopic (exact) mass is 482 g/mol. The summed E-state index contributed by atoms with van der Waals surface area (Å²) in [6, 6.07) is 9.65. The van der Waals surface area contributed by atoms with Crippen LogP contribution in [0.4, 0.5) is 0 Å². The molecule has 1 aromatic carbocycles. The number of thioether (sulfide) groups is 1. The summed E-state index contributed by atoms with van der Waals surface area (Å²) < 4.78 is 5.36. The molecule has 2 N–H and O–H groups in total. The van der Waals surface area contributed by atoms with Gasteiger partial charge in [-0.1, -0.05) is 0 Å². The highest BCUT2D eigenvalue weighted by atomic mass is 32.2. The Labute approximate surface area is 205 Å². The van der Waals surface area contributed by atoms with E-state index in [4.69, 9.17) is 4.74 Å². The van der Waals surface area contributed by atoms with Gasteiger partial charge in [-0.25, -0.2) is 0 Å². The van der Waals surface area contributed by atoms with Crippen LogP contribution in [0.5, 0.6) is 5.75 Å². The van der Waals surface area contributed by atoms with Crippen molar-refractivity contribution in [3.63, 3.8) is 0 Å². The van der Waals surface area contributed by atoms with Gasteiger partial charge in [-0.2, -0.15) is 10.2 Å². The summed E-state index contributed by atoms with van der Waals surface area (Å²) in [5.74, 6) is 2.49. The van der Waals surface area contributed by atoms with Gasteiger partial charge in [-0.15, -0.1) is 11.8 Å². The average molecular weight is 483 g/mol. The van der Waals surface area contributed by atoms with Crippen molar-refractivity contribution in [3.05, 3.63) is 54.5 Å². The molecule has 1 saturated heterocycles. The van der Waals surface area contributed by atoms with Gasteiger partial charge in [0.1, 0.15) is 5.75 Å². The van der Waals surface area contributed by atoms with Crippen molar-refractivity contribution in [2.24, 2.45) is 11.8 Å². The molecule has 3 atom stereocenters. The first-order chi connectivity index (χ1) is 16.7. The molecule has 3 heterocycles. The third kappa shape index (κ3) is 6.44.